The molecule has 0 aromatic carbocycles. The number of aliphatic imine (C=N–C) groups is 1. The summed E-state index contributed by atoms with van der Waals surface area (Å²) in [4.78, 5) is 19.0. The average Bonchev–Trinajstić information content (AvgIpc) is 2.62. The fourth-order valence-electron chi connectivity index (χ4n) is 2.17. The first kappa shape index (κ1) is 14.6. The van der Waals surface area contributed by atoms with E-state index in [9.17, 15) is 14.3 Å². The van der Waals surface area contributed by atoms with Crippen LogP contribution in [0.5, 0.6) is 0 Å². The average molecular weight is 286 g/mol. The minimum Gasteiger partial charge on any atom is -0.390 e. The van der Waals surface area contributed by atoms with Gasteiger partial charge in [-0.15, -0.1) is 0 Å². The summed E-state index contributed by atoms with van der Waals surface area (Å²) >= 11 is 0. The van der Waals surface area contributed by atoms with Gasteiger partial charge in [-0.2, -0.15) is 4.98 Å². The van der Waals surface area contributed by atoms with Gasteiger partial charge in [-0.3, -0.25) is 9.56 Å². The van der Waals surface area contributed by atoms with Crippen molar-refractivity contribution in [3.63, 3.8) is 0 Å². The van der Waals surface area contributed by atoms with Crippen LogP contribution in [0, 0.1) is 0 Å². The van der Waals surface area contributed by atoms with Crippen LogP contribution >= 0.6 is 0 Å². The first-order valence-corrected chi connectivity index (χ1v) is 5.76. The molecule has 9 heteroatoms. The van der Waals surface area contributed by atoms with E-state index in [0.717, 1.165) is 4.57 Å². The van der Waals surface area contributed by atoms with E-state index in [4.69, 9.17) is 15.6 Å². The van der Waals surface area contributed by atoms with Gasteiger partial charge < -0.3 is 20.7 Å². The molecule has 1 aromatic heterocycles. The number of aromatic nitrogens is 2. The summed E-state index contributed by atoms with van der Waals surface area (Å²) in [6.45, 7) is 3.55. The van der Waals surface area contributed by atoms with Crippen molar-refractivity contribution in [3.05, 3.63) is 22.7 Å². The summed E-state index contributed by atoms with van der Waals surface area (Å²) in [7, 11) is 0. The third kappa shape index (κ3) is 1.90. The molecule has 8 nitrogen and oxygen atoms in total. The Morgan fingerprint density at radius 1 is 1.75 bits per heavy atom. The molecule has 1 aliphatic rings. The molecule has 1 saturated heterocycles. The van der Waals surface area contributed by atoms with Crippen molar-refractivity contribution < 1.29 is 19.3 Å². The largest absolute Gasteiger partial charge is 0.390 e. The fraction of sp³-hybridized carbons (Fsp3) is 0.545. The maximum atomic E-state index is 14.3. The lowest BCUT2D eigenvalue weighted by molar-refractivity contribution is -0.207. The molecule has 0 spiro atoms. The second-order valence-corrected chi connectivity index (χ2v) is 4.74. The monoisotopic (exact) mass is 286 g/mol. The van der Waals surface area contributed by atoms with E-state index in [1.165, 1.54) is 19.2 Å². The van der Waals surface area contributed by atoms with Gasteiger partial charge in [0.05, 0.1) is 0 Å². The van der Waals surface area contributed by atoms with Crippen LogP contribution in [-0.2, 0) is 4.74 Å². The molecule has 0 saturated carbocycles. The Balaban J connectivity index is 2.55. The van der Waals surface area contributed by atoms with Gasteiger partial charge in [0.2, 0.25) is 0 Å². The lowest BCUT2D eigenvalue weighted by Crippen LogP contribution is -2.48. The molecule has 2 heterocycles. The molecule has 1 aliphatic heterocycles. The van der Waals surface area contributed by atoms with Crippen molar-refractivity contribution in [2.24, 2.45) is 4.99 Å². The Morgan fingerprint density at radius 3 is 2.90 bits per heavy atom. The molecule has 0 unspecified atom stereocenters. The zero-order valence-electron chi connectivity index (χ0n) is 10.7. The van der Waals surface area contributed by atoms with E-state index in [1.54, 1.807) is 0 Å². The molecule has 4 N–H and O–H groups in total. The maximum absolute atomic E-state index is 14.3. The number of hydrogen-bond acceptors (Lipinski definition) is 7. The van der Waals surface area contributed by atoms with Crippen LogP contribution in [0.2, 0.25) is 0 Å². The Kier molecular flexibility index (Phi) is 3.36. The second-order valence-electron chi connectivity index (χ2n) is 4.74. The maximum Gasteiger partial charge on any atom is 0.351 e. The van der Waals surface area contributed by atoms with Gasteiger partial charge in [0.1, 0.15) is 24.1 Å². The third-order valence-corrected chi connectivity index (χ3v) is 3.43. The molecule has 0 aliphatic carbocycles. The van der Waals surface area contributed by atoms with Crippen molar-refractivity contribution >= 4 is 12.5 Å². The molecule has 1 aromatic rings. The van der Waals surface area contributed by atoms with Gasteiger partial charge >= 0.3 is 5.69 Å². The Morgan fingerprint density at radius 2 is 2.40 bits per heavy atom. The van der Waals surface area contributed by atoms with Crippen molar-refractivity contribution in [1.82, 2.24) is 9.55 Å². The van der Waals surface area contributed by atoms with Crippen LogP contribution < -0.4 is 11.4 Å². The fourth-order valence-corrected chi connectivity index (χ4v) is 2.17. The quantitative estimate of drug-likeness (QED) is 0.602. The van der Waals surface area contributed by atoms with E-state index in [1.807, 2.05) is 0 Å². The number of halogens is 1. The Hall–Kier alpha value is -1.84. The Labute approximate surface area is 113 Å². The summed E-state index contributed by atoms with van der Waals surface area (Å²) in [5.74, 6) is -2.76. The molecular weight excluding hydrogens is 271 g/mol. The van der Waals surface area contributed by atoms with Gasteiger partial charge in [-0.1, -0.05) is 0 Å². The summed E-state index contributed by atoms with van der Waals surface area (Å²) < 4.78 is 20.2. The van der Waals surface area contributed by atoms with Gasteiger partial charge in [0.25, 0.3) is 5.85 Å². The molecule has 2 rings (SSSR count). The molecule has 20 heavy (non-hydrogen) atoms. The zero-order chi connectivity index (χ0) is 15.1. The highest BCUT2D eigenvalue weighted by Gasteiger charge is 2.63. The molecule has 110 valence electrons. The number of anilines is 1. The van der Waals surface area contributed by atoms with Crippen molar-refractivity contribution in [2.75, 3.05) is 12.3 Å². The van der Waals surface area contributed by atoms with Gasteiger partial charge in [0.15, 0.2) is 6.23 Å². The third-order valence-electron chi connectivity index (χ3n) is 3.43. The van der Waals surface area contributed by atoms with Crippen LogP contribution in [0.3, 0.4) is 0 Å². The smallest absolute Gasteiger partial charge is 0.351 e. The number of alkyl halides is 1. The van der Waals surface area contributed by atoms with Crippen molar-refractivity contribution in [3.8, 4) is 0 Å². The molecule has 0 bridgehead atoms. The number of nitrogen functional groups attached to an aromatic ring is 1. The van der Waals surface area contributed by atoms with Gasteiger partial charge in [-0.25, -0.2) is 9.18 Å². The summed E-state index contributed by atoms with van der Waals surface area (Å²) in [5, 5.41) is 19.0. The standard InChI is InChI=1S/C11H15FN4O4/c1-10(14-2)7(18)11(12,5-17)20-8(10)16-4-3-6(13)15-9(16)19/h3-4,7-8,17-18H,2,5H2,1H3,(H2,13,15,19)/t7-,8+,10+,11+/m0/s1. The minimum absolute atomic E-state index is 0.00766. The van der Waals surface area contributed by atoms with E-state index >= 15 is 0 Å². The van der Waals surface area contributed by atoms with E-state index in [-0.39, 0.29) is 5.82 Å². The number of hydrogen-bond donors (Lipinski definition) is 3. The van der Waals surface area contributed by atoms with E-state index in [2.05, 4.69) is 16.7 Å². The van der Waals surface area contributed by atoms with Gasteiger partial charge in [-0.05, 0) is 19.7 Å². The SMILES string of the molecule is C=N[C@@]1(C)[C@H](n2ccc(N)nc2=O)O[C@](F)(CO)[C@H]1O. The summed E-state index contributed by atoms with van der Waals surface area (Å²) in [6.07, 6.45) is -1.87. The number of nitrogens with two attached hydrogens (primary N) is 1. The number of rotatable bonds is 3. The van der Waals surface area contributed by atoms with Crippen LogP contribution in [0.15, 0.2) is 22.1 Å². The van der Waals surface area contributed by atoms with Crippen molar-refractivity contribution in [2.45, 2.75) is 30.6 Å². The van der Waals surface area contributed by atoms with Crippen LogP contribution in [0.4, 0.5) is 10.2 Å². The highest BCUT2D eigenvalue weighted by molar-refractivity contribution is 5.29. The van der Waals surface area contributed by atoms with Gasteiger partial charge in [0, 0.05) is 6.20 Å². The Bertz CT molecular complexity index is 594. The summed E-state index contributed by atoms with van der Waals surface area (Å²) in [6, 6.07) is 1.32. The highest BCUT2D eigenvalue weighted by Crippen LogP contribution is 2.46. The predicted molar refractivity (Wildman–Crippen MR) is 67.9 cm³/mol. The lowest BCUT2D eigenvalue weighted by Gasteiger charge is -2.28. The normalized spacial score (nSPS) is 37.0. The number of nitrogens with zero attached hydrogens (tertiary/aromatic N) is 3. The molecule has 1 fully saturated rings. The van der Waals surface area contributed by atoms with Crippen LogP contribution in [0.25, 0.3) is 0 Å². The molecule has 0 amide bonds. The summed E-state index contributed by atoms with van der Waals surface area (Å²) in [5.41, 5.74) is 3.01. The van der Waals surface area contributed by atoms with E-state index in [0.29, 0.717) is 0 Å². The minimum atomic E-state index is -2.75. The van der Waals surface area contributed by atoms with Crippen molar-refractivity contribution in [1.29, 1.82) is 0 Å². The van der Waals surface area contributed by atoms with Crippen LogP contribution in [-0.4, -0.2) is 50.6 Å². The number of aliphatic hydroxyl groups is 2. The topological polar surface area (TPSA) is 123 Å². The number of ether oxygens (including phenoxy) is 1. The molecule has 0 radical (unpaired) electrons. The lowest BCUT2D eigenvalue weighted by atomic mass is 9.92. The predicted octanol–water partition coefficient (Wildman–Crippen LogP) is -1.17. The molecular formula is C11H15FN4O4. The van der Waals surface area contributed by atoms with Crippen LogP contribution in [0.1, 0.15) is 13.2 Å². The zero-order valence-corrected chi connectivity index (χ0v) is 10.7. The molecule has 4 atom stereocenters. The first-order valence-electron chi connectivity index (χ1n) is 5.76. The van der Waals surface area contributed by atoms with E-state index < -0.39 is 36.0 Å². The second kappa shape index (κ2) is 4.62. The number of aliphatic hydroxyl groups excluding tert-OH is 2. The highest BCUT2D eigenvalue weighted by atomic mass is 19.2. The first-order chi connectivity index (χ1) is 9.28.